The Morgan fingerprint density at radius 1 is 1.25 bits per heavy atom. The maximum Gasteiger partial charge on any atom is -0.00235 e. The van der Waals surface area contributed by atoms with Gasteiger partial charge in [0.05, 0.1) is 0 Å². The molecular weight excluding hydrogens is 146 g/mol. The minimum atomic E-state index is 0.886. The second-order valence-corrected chi connectivity index (χ2v) is 3.96. The lowest BCUT2D eigenvalue weighted by atomic mass is 9.91. The van der Waals surface area contributed by atoms with E-state index in [4.69, 9.17) is 0 Å². The van der Waals surface area contributed by atoms with E-state index in [9.17, 15) is 0 Å². The average Bonchev–Trinajstić information content (AvgIpc) is 2.04. The van der Waals surface area contributed by atoms with Crippen LogP contribution in [0.15, 0.2) is 0 Å². The van der Waals surface area contributed by atoms with Crippen LogP contribution in [0.3, 0.4) is 0 Å². The van der Waals surface area contributed by atoms with Gasteiger partial charge in [-0.1, -0.05) is 40.0 Å². The Balaban J connectivity index is 3.53. The van der Waals surface area contributed by atoms with Crippen molar-refractivity contribution >= 4 is 0 Å². The van der Waals surface area contributed by atoms with Gasteiger partial charge in [0.15, 0.2) is 0 Å². The highest BCUT2D eigenvalue weighted by Crippen LogP contribution is 2.18. The summed E-state index contributed by atoms with van der Waals surface area (Å²) in [6.45, 7) is 8.13. The molecule has 0 rings (SSSR count). The summed E-state index contributed by atoms with van der Waals surface area (Å²) in [5.41, 5.74) is 0. The van der Waals surface area contributed by atoms with Gasteiger partial charge in [-0.15, -0.1) is 0 Å². The molecule has 0 radical (unpaired) electrons. The van der Waals surface area contributed by atoms with Crippen LogP contribution in [0, 0.1) is 11.8 Å². The number of hydrogen-bond acceptors (Lipinski definition) is 1. The first-order chi connectivity index (χ1) is 5.74. The van der Waals surface area contributed by atoms with Crippen molar-refractivity contribution in [1.82, 2.24) is 5.32 Å². The summed E-state index contributed by atoms with van der Waals surface area (Å²) in [7, 11) is 2.05. The predicted octanol–water partition coefficient (Wildman–Crippen LogP) is 3.06. The Labute approximate surface area is 77.9 Å². The molecule has 74 valence electrons. The molecule has 1 N–H and O–H groups in total. The first-order valence-corrected chi connectivity index (χ1v) is 5.39. The van der Waals surface area contributed by atoms with Gasteiger partial charge in [0.25, 0.3) is 0 Å². The zero-order valence-electron chi connectivity index (χ0n) is 9.19. The van der Waals surface area contributed by atoms with Crippen molar-refractivity contribution in [3.05, 3.63) is 0 Å². The second kappa shape index (κ2) is 7.60. The van der Waals surface area contributed by atoms with Crippen molar-refractivity contribution in [3.8, 4) is 0 Å². The van der Waals surface area contributed by atoms with Crippen molar-refractivity contribution in [2.24, 2.45) is 11.8 Å². The Hall–Kier alpha value is -0.0400. The minimum absolute atomic E-state index is 0.886. The van der Waals surface area contributed by atoms with Gasteiger partial charge in [0.1, 0.15) is 0 Å². The van der Waals surface area contributed by atoms with E-state index in [0.717, 1.165) is 11.8 Å². The molecule has 2 atom stereocenters. The Morgan fingerprint density at radius 2 is 1.92 bits per heavy atom. The van der Waals surface area contributed by atoms with Crippen LogP contribution in [-0.4, -0.2) is 13.6 Å². The first-order valence-electron chi connectivity index (χ1n) is 5.39. The van der Waals surface area contributed by atoms with Gasteiger partial charge in [-0.2, -0.15) is 0 Å². The molecule has 0 saturated heterocycles. The summed E-state index contributed by atoms with van der Waals surface area (Å²) in [5.74, 6) is 1.80. The summed E-state index contributed by atoms with van der Waals surface area (Å²) < 4.78 is 0. The third-order valence-electron chi connectivity index (χ3n) is 2.59. The van der Waals surface area contributed by atoms with Gasteiger partial charge in [-0.3, -0.25) is 0 Å². The standard InChI is InChI=1S/C11H25N/c1-5-7-10(3)8-11(6-2)9-12-4/h10-12H,5-9H2,1-4H3/t10-,11?/m1/s1. The fourth-order valence-electron chi connectivity index (χ4n) is 1.86. The molecule has 1 unspecified atom stereocenters. The zero-order chi connectivity index (χ0) is 9.40. The molecule has 0 amide bonds. The molecule has 0 aliphatic heterocycles. The van der Waals surface area contributed by atoms with Crippen molar-refractivity contribution in [2.75, 3.05) is 13.6 Å². The fourth-order valence-corrected chi connectivity index (χ4v) is 1.86. The monoisotopic (exact) mass is 171 g/mol. The fraction of sp³-hybridized carbons (Fsp3) is 1.00. The van der Waals surface area contributed by atoms with Gasteiger partial charge in [-0.25, -0.2) is 0 Å². The van der Waals surface area contributed by atoms with Crippen LogP contribution < -0.4 is 5.32 Å². The Bertz CT molecular complexity index is 91.0. The maximum atomic E-state index is 3.27. The molecule has 12 heavy (non-hydrogen) atoms. The van der Waals surface area contributed by atoms with E-state index in [0.29, 0.717) is 0 Å². The lowest BCUT2D eigenvalue weighted by Gasteiger charge is -2.18. The van der Waals surface area contributed by atoms with Crippen molar-refractivity contribution in [3.63, 3.8) is 0 Å². The highest BCUT2D eigenvalue weighted by atomic mass is 14.8. The smallest absolute Gasteiger partial charge is 0.00235 e. The molecule has 0 saturated carbocycles. The molecule has 0 fully saturated rings. The van der Waals surface area contributed by atoms with Gasteiger partial charge in [0.2, 0.25) is 0 Å². The highest BCUT2D eigenvalue weighted by molar-refractivity contribution is 4.63. The van der Waals surface area contributed by atoms with E-state index in [1.165, 1.54) is 32.2 Å². The number of hydrogen-bond donors (Lipinski definition) is 1. The first kappa shape index (κ1) is 12.0. The normalized spacial score (nSPS) is 16.0. The van der Waals surface area contributed by atoms with E-state index in [1.54, 1.807) is 0 Å². The van der Waals surface area contributed by atoms with Gasteiger partial charge >= 0.3 is 0 Å². The second-order valence-electron chi connectivity index (χ2n) is 3.96. The maximum absolute atomic E-state index is 3.27. The number of rotatable bonds is 7. The molecule has 0 aliphatic carbocycles. The number of nitrogens with one attached hydrogen (secondary N) is 1. The summed E-state index contributed by atoms with van der Waals surface area (Å²) >= 11 is 0. The largest absolute Gasteiger partial charge is 0.319 e. The summed E-state index contributed by atoms with van der Waals surface area (Å²) in [6.07, 6.45) is 5.43. The van der Waals surface area contributed by atoms with Crippen molar-refractivity contribution in [2.45, 2.75) is 46.5 Å². The molecule has 0 spiro atoms. The van der Waals surface area contributed by atoms with Gasteiger partial charge in [-0.05, 0) is 31.8 Å². The van der Waals surface area contributed by atoms with Crippen molar-refractivity contribution in [1.29, 1.82) is 0 Å². The SMILES string of the molecule is CCC[C@@H](C)CC(CC)CNC. The zero-order valence-corrected chi connectivity index (χ0v) is 9.19. The molecule has 1 nitrogen and oxygen atoms in total. The lowest BCUT2D eigenvalue weighted by Crippen LogP contribution is -2.20. The molecule has 0 aromatic rings. The Kier molecular flexibility index (Phi) is 7.58. The van der Waals surface area contributed by atoms with E-state index in [-0.39, 0.29) is 0 Å². The molecule has 0 bridgehead atoms. The summed E-state index contributed by atoms with van der Waals surface area (Å²) in [5, 5.41) is 3.27. The van der Waals surface area contributed by atoms with Crippen LogP contribution in [0.5, 0.6) is 0 Å². The molecule has 0 aromatic heterocycles. The average molecular weight is 171 g/mol. The van der Waals surface area contributed by atoms with E-state index in [1.807, 2.05) is 7.05 Å². The molecule has 0 heterocycles. The van der Waals surface area contributed by atoms with Crippen molar-refractivity contribution < 1.29 is 0 Å². The predicted molar refractivity (Wildman–Crippen MR) is 56.4 cm³/mol. The highest BCUT2D eigenvalue weighted by Gasteiger charge is 2.09. The molecule has 0 aliphatic rings. The van der Waals surface area contributed by atoms with Gasteiger partial charge in [0, 0.05) is 0 Å². The Morgan fingerprint density at radius 3 is 2.33 bits per heavy atom. The van der Waals surface area contributed by atoms with E-state index in [2.05, 4.69) is 26.1 Å². The quantitative estimate of drug-likeness (QED) is 0.621. The third kappa shape index (κ3) is 5.59. The van der Waals surface area contributed by atoms with Crippen LogP contribution in [0.4, 0.5) is 0 Å². The topological polar surface area (TPSA) is 12.0 Å². The van der Waals surface area contributed by atoms with Crippen LogP contribution >= 0.6 is 0 Å². The summed E-state index contributed by atoms with van der Waals surface area (Å²) in [4.78, 5) is 0. The van der Waals surface area contributed by atoms with Crippen LogP contribution in [-0.2, 0) is 0 Å². The van der Waals surface area contributed by atoms with E-state index >= 15 is 0 Å². The molecule has 0 aromatic carbocycles. The van der Waals surface area contributed by atoms with Crippen LogP contribution in [0.1, 0.15) is 46.5 Å². The van der Waals surface area contributed by atoms with Crippen LogP contribution in [0.2, 0.25) is 0 Å². The van der Waals surface area contributed by atoms with E-state index < -0.39 is 0 Å². The molecular formula is C11H25N. The van der Waals surface area contributed by atoms with Gasteiger partial charge < -0.3 is 5.32 Å². The molecule has 1 heteroatoms. The lowest BCUT2D eigenvalue weighted by molar-refractivity contribution is 0.355. The minimum Gasteiger partial charge on any atom is -0.319 e. The summed E-state index contributed by atoms with van der Waals surface area (Å²) in [6, 6.07) is 0. The van der Waals surface area contributed by atoms with Crippen LogP contribution in [0.25, 0.3) is 0 Å². The third-order valence-corrected chi connectivity index (χ3v) is 2.59.